The summed E-state index contributed by atoms with van der Waals surface area (Å²) in [7, 11) is 1.28. The first kappa shape index (κ1) is 18.7. The van der Waals surface area contributed by atoms with Gasteiger partial charge < -0.3 is 19.8 Å². The largest absolute Gasteiger partial charge is 0.465 e. The Kier molecular flexibility index (Phi) is 6.36. The molecule has 0 radical (unpaired) electrons. The van der Waals surface area contributed by atoms with Crippen molar-refractivity contribution < 1.29 is 23.9 Å². The third kappa shape index (κ3) is 4.34. The average Bonchev–Trinajstić information content (AvgIpc) is 2.82. The molecule has 0 bridgehead atoms. The quantitative estimate of drug-likeness (QED) is 0.777. The van der Waals surface area contributed by atoms with Gasteiger partial charge in [0.05, 0.1) is 12.7 Å². The van der Waals surface area contributed by atoms with E-state index in [1.807, 2.05) is 20.8 Å². The first-order valence-electron chi connectivity index (χ1n) is 7.53. The fourth-order valence-corrected chi connectivity index (χ4v) is 2.18. The smallest absolute Gasteiger partial charge is 0.355 e. The van der Waals surface area contributed by atoms with Crippen LogP contribution in [0.2, 0.25) is 0 Å². The molecule has 1 unspecified atom stereocenters. The zero-order chi connectivity index (χ0) is 17.7. The topological polar surface area (TPSA) is 97.5 Å². The predicted octanol–water partition coefficient (Wildman–Crippen LogP) is 1.74. The van der Waals surface area contributed by atoms with Crippen LogP contribution in [0.25, 0.3) is 0 Å². The molecule has 7 heteroatoms. The highest BCUT2D eigenvalue weighted by Gasteiger charge is 2.27. The van der Waals surface area contributed by atoms with Gasteiger partial charge in [-0.1, -0.05) is 6.92 Å². The van der Waals surface area contributed by atoms with Gasteiger partial charge in [-0.2, -0.15) is 0 Å². The summed E-state index contributed by atoms with van der Waals surface area (Å²) in [4.78, 5) is 38.8. The number of aryl methyl sites for hydroxylation is 1. The maximum absolute atomic E-state index is 12.3. The lowest BCUT2D eigenvalue weighted by Gasteiger charge is -2.15. The van der Waals surface area contributed by atoms with Crippen molar-refractivity contribution in [2.45, 2.75) is 53.2 Å². The molecule has 1 aromatic heterocycles. The molecule has 0 aliphatic heterocycles. The monoisotopic (exact) mass is 324 g/mol. The lowest BCUT2D eigenvalue weighted by atomic mass is 10.1. The second-order valence-corrected chi connectivity index (χ2v) is 5.53. The molecule has 0 aromatic carbocycles. The molecule has 1 atom stereocenters. The number of hydrogen-bond acceptors (Lipinski definition) is 5. The molecule has 1 aromatic rings. The van der Waals surface area contributed by atoms with Crippen LogP contribution in [0.4, 0.5) is 0 Å². The summed E-state index contributed by atoms with van der Waals surface area (Å²) in [6.45, 7) is 8.62. The third-order valence-electron chi connectivity index (χ3n) is 3.36. The minimum atomic E-state index is -0.931. The van der Waals surface area contributed by atoms with Crippen molar-refractivity contribution in [3.05, 3.63) is 22.5 Å². The highest BCUT2D eigenvalue weighted by molar-refractivity contribution is 5.99. The molecule has 0 aliphatic carbocycles. The van der Waals surface area contributed by atoms with Gasteiger partial charge >= 0.3 is 11.9 Å². The second kappa shape index (κ2) is 7.80. The molecule has 2 N–H and O–H groups in total. The number of aromatic nitrogens is 1. The Balaban J connectivity index is 2.99. The summed E-state index contributed by atoms with van der Waals surface area (Å²) >= 11 is 0. The number of carbonyl (C=O) groups excluding carboxylic acids is 3. The van der Waals surface area contributed by atoms with Crippen molar-refractivity contribution >= 4 is 17.8 Å². The number of hydrogen-bond donors (Lipinski definition) is 2. The minimum absolute atomic E-state index is 0.0477. The van der Waals surface area contributed by atoms with Crippen molar-refractivity contribution in [3.63, 3.8) is 0 Å². The van der Waals surface area contributed by atoms with Gasteiger partial charge in [0.1, 0.15) is 5.69 Å². The molecular formula is C16H24N2O5. The lowest BCUT2D eigenvalue weighted by Crippen LogP contribution is -2.39. The highest BCUT2D eigenvalue weighted by atomic mass is 16.5. The average molecular weight is 324 g/mol. The zero-order valence-electron chi connectivity index (χ0n) is 14.4. The van der Waals surface area contributed by atoms with Crippen LogP contribution in [0.5, 0.6) is 0 Å². The number of rotatable bonds is 6. The van der Waals surface area contributed by atoms with Gasteiger partial charge in [-0.25, -0.2) is 9.59 Å². The third-order valence-corrected chi connectivity index (χ3v) is 3.36. The SMILES string of the molecule is CCc1[nH]c(C(=O)OC(C)C(=O)NC(C)C)c(C)c1C(=O)OC. The minimum Gasteiger partial charge on any atom is -0.465 e. The number of nitrogens with one attached hydrogen (secondary N) is 2. The fourth-order valence-electron chi connectivity index (χ4n) is 2.18. The van der Waals surface area contributed by atoms with Crippen molar-refractivity contribution in [2.75, 3.05) is 7.11 Å². The predicted molar refractivity (Wildman–Crippen MR) is 84.4 cm³/mol. The second-order valence-electron chi connectivity index (χ2n) is 5.53. The van der Waals surface area contributed by atoms with Crippen LogP contribution in [-0.4, -0.2) is 42.1 Å². The molecule has 0 aliphatic rings. The van der Waals surface area contributed by atoms with E-state index < -0.39 is 18.0 Å². The molecule has 0 saturated heterocycles. The van der Waals surface area contributed by atoms with Crippen molar-refractivity contribution in [2.24, 2.45) is 0 Å². The Labute approximate surface area is 135 Å². The Hall–Kier alpha value is -2.31. The van der Waals surface area contributed by atoms with Gasteiger partial charge in [-0.3, -0.25) is 4.79 Å². The van der Waals surface area contributed by atoms with E-state index in [2.05, 4.69) is 10.3 Å². The molecule has 23 heavy (non-hydrogen) atoms. The van der Waals surface area contributed by atoms with E-state index in [-0.39, 0.29) is 17.6 Å². The molecule has 1 amide bonds. The summed E-state index contributed by atoms with van der Waals surface area (Å²) in [6.07, 6.45) is -0.402. The Morgan fingerprint density at radius 2 is 1.78 bits per heavy atom. The lowest BCUT2D eigenvalue weighted by molar-refractivity contribution is -0.129. The fraction of sp³-hybridized carbons (Fsp3) is 0.562. The molecule has 7 nitrogen and oxygen atoms in total. The maximum atomic E-state index is 12.3. The van der Waals surface area contributed by atoms with E-state index in [1.54, 1.807) is 6.92 Å². The van der Waals surface area contributed by atoms with Crippen molar-refractivity contribution in [1.29, 1.82) is 0 Å². The van der Waals surface area contributed by atoms with E-state index in [4.69, 9.17) is 9.47 Å². The summed E-state index contributed by atoms with van der Waals surface area (Å²) in [6, 6.07) is -0.0477. The first-order chi connectivity index (χ1) is 10.7. The van der Waals surface area contributed by atoms with Crippen molar-refractivity contribution in [3.8, 4) is 0 Å². The number of ether oxygens (including phenoxy) is 2. The van der Waals surface area contributed by atoms with Gasteiger partial charge in [-0.05, 0) is 39.7 Å². The number of aromatic amines is 1. The van der Waals surface area contributed by atoms with Crippen LogP contribution >= 0.6 is 0 Å². The number of esters is 2. The van der Waals surface area contributed by atoms with E-state index in [0.717, 1.165) is 0 Å². The van der Waals surface area contributed by atoms with Gasteiger partial charge in [0.15, 0.2) is 6.10 Å². The van der Waals surface area contributed by atoms with Crippen LogP contribution in [-0.2, 0) is 20.7 Å². The van der Waals surface area contributed by atoms with E-state index in [1.165, 1.54) is 14.0 Å². The van der Waals surface area contributed by atoms with Gasteiger partial charge in [-0.15, -0.1) is 0 Å². The maximum Gasteiger partial charge on any atom is 0.355 e. The van der Waals surface area contributed by atoms with Crippen molar-refractivity contribution in [1.82, 2.24) is 10.3 Å². The number of amides is 1. The number of carbonyl (C=O) groups is 3. The highest BCUT2D eigenvalue weighted by Crippen LogP contribution is 2.21. The molecule has 0 saturated carbocycles. The van der Waals surface area contributed by atoms with Gasteiger partial charge in [0.2, 0.25) is 0 Å². The van der Waals surface area contributed by atoms with Crippen LogP contribution in [0.3, 0.4) is 0 Å². The van der Waals surface area contributed by atoms with E-state index >= 15 is 0 Å². The Bertz CT molecular complexity index is 604. The van der Waals surface area contributed by atoms with Crippen LogP contribution in [0.15, 0.2) is 0 Å². The van der Waals surface area contributed by atoms with Crippen LogP contribution in [0, 0.1) is 6.92 Å². The number of methoxy groups -OCH3 is 1. The van der Waals surface area contributed by atoms with Gasteiger partial charge in [0, 0.05) is 11.7 Å². The first-order valence-corrected chi connectivity index (χ1v) is 7.53. The molecule has 0 fully saturated rings. The van der Waals surface area contributed by atoms with Gasteiger partial charge in [0.25, 0.3) is 5.91 Å². The van der Waals surface area contributed by atoms with E-state index in [0.29, 0.717) is 23.2 Å². The summed E-state index contributed by atoms with van der Waals surface area (Å²) in [5, 5.41) is 2.67. The summed E-state index contributed by atoms with van der Waals surface area (Å²) in [5.41, 5.74) is 1.54. The molecule has 0 spiro atoms. The Morgan fingerprint density at radius 1 is 1.17 bits per heavy atom. The summed E-state index contributed by atoms with van der Waals surface area (Å²) in [5.74, 6) is -1.57. The van der Waals surface area contributed by atoms with Crippen LogP contribution in [0.1, 0.15) is 59.8 Å². The van der Waals surface area contributed by atoms with Crippen LogP contribution < -0.4 is 5.32 Å². The number of H-pyrrole nitrogens is 1. The summed E-state index contributed by atoms with van der Waals surface area (Å²) < 4.78 is 9.91. The molecular weight excluding hydrogens is 300 g/mol. The Morgan fingerprint density at radius 3 is 2.26 bits per heavy atom. The molecule has 128 valence electrons. The molecule has 1 rings (SSSR count). The standard InChI is InChI=1S/C16H24N2O5/c1-7-11-12(15(20)22-6)9(4)13(18-11)16(21)23-10(5)14(19)17-8(2)3/h8,10,18H,7H2,1-6H3,(H,17,19). The normalized spacial score (nSPS) is 12.0. The van der Waals surface area contributed by atoms with E-state index in [9.17, 15) is 14.4 Å². The zero-order valence-corrected chi connectivity index (χ0v) is 14.4. The molecule has 1 heterocycles.